The minimum Gasteiger partial charge on any atom is -0.497 e. The maximum atomic E-state index is 13.6. The number of fused-ring (bicyclic) bond motifs is 1. The van der Waals surface area contributed by atoms with E-state index in [0.29, 0.717) is 41.7 Å². The number of aliphatic hydroxyl groups is 1. The van der Waals surface area contributed by atoms with Crippen LogP contribution in [0.5, 0.6) is 5.75 Å². The van der Waals surface area contributed by atoms with Gasteiger partial charge in [-0.15, -0.1) is 6.58 Å². The zero-order chi connectivity index (χ0) is 28.6. The highest BCUT2D eigenvalue weighted by Crippen LogP contribution is 2.40. The Bertz CT molecular complexity index is 1310. The molecule has 0 saturated carbocycles. The molecule has 0 amide bonds. The molecular weight excluding hydrogens is 522 g/mol. The zero-order valence-corrected chi connectivity index (χ0v) is 21.7. The standard InChI is InChI=1S/C29H31F6N2O2/c1-4-19-6-5-11-37(16-19,17-20-12-21(28(30,31)32)14-22(13-20)29(33,34)35)18(2)27(38)24-9-10-36-26-8-7-23(39-3)15-25(24)26/h4,7-10,12-15,18-19,27,38H,1,5-6,11,16-17H2,2-3H3/q+1. The van der Waals surface area contributed by atoms with Crippen LogP contribution in [0.1, 0.15) is 48.1 Å². The van der Waals surface area contributed by atoms with Crippen molar-refractivity contribution < 1.29 is 40.7 Å². The maximum Gasteiger partial charge on any atom is 0.416 e. The highest BCUT2D eigenvalue weighted by atomic mass is 19.4. The number of quaternary nitrogens is 1. The average molecular weight is 554 g/mol. The molecule has 1 aliphatic rings. The summed E-state index contributed by atoms with van der Waals surface area (Å²) in [5.74, 6) is 0.560. The van der Waals surface area contributed by atoms with Crippen molar-refractivity contribution in [2.75, 3.05) is 20.2 Å². The third-order valence-corrected chi connectivity index (χ3v) is 7.88. The molecule has 0 bridgehead atoms. The number of hydrogen-bond acceptors (Lipinski definition) is 3. The topological polar surface area (TPSA) is 42.4 Å². The van der Waals surface area contributed by atoms with Gasteiger partial charge in [0.15, 0.2) is 0 Å². The summed E-state index contributed by atoms with van der Waals surface area (Å²) in [6.07, 6.45) is -6.14. The second-order valence-electron chi connectivity index (χ2n) is 10.3. The van der Waals surface area contributed by atoms with E-state index >= 15 is 0 Å². The van der Waals surface area contributed by atoms with Gasteiger partial charge in [-0.25, -0.2) is 0 Å². The summed E-state index contributed by atoms with van der Waals surface area (Å²) in [5.41, 5.74) is -1.58. The number of aromatic nitrogens is 1. The first kappa shape index (κ1) is 28.9. The van der Waals surface area contributed by atoms with E-state index in [-0.39, 0.29) is 28.6 Å². The Hall–Kier alpha value is -3.11. The van der Waals surface area contributed by atoms with E-state index in [2.05, 4.69) is 11.6 Å². The summed E-state index contributed by atoms with van der Waals surface area (Å²) in [4.78, 5) is 4.35. The lowest BCUT2D eigenvalue weighted by Crippen LogP contribution is -2.60. The van der Waals surface area contributed by atoms with Crippen LogP contribution in [-0.2, 0) is 18.9 Å². The molecule has 4 nitrogen and oxygen atoms in total. The van der Waals surface area contributed by atoms with E-state index in [1.807, 2.05) is 0 Å². The van der Waals surface area contributed by atoms with Gasteiger partial charge in [0.25, 0.3) is 0 Å². The number of methoxy groups -OCH3 is 1. The van der Waals surface area contributed by atoms with Crippen molar-refractivity contribution in [1.82, 2.24) is 4.98 Å². The normalized spacial score (nSPS) is 21.9. The van der Waals surface area contributed by atoms with E-state index in [4.69, 9.17) is 4.74 Å². The highest BCUT2D eigenvalue weighted by molar-refractivity contribution is 5.83. The summed E-state index contributed by atoms with van der Waals surface area (Å²) in [5, 5.41) is 12.4. The van der Waals surface area contributed by atoms with Crippen LogP contribution in [0.2, 0.25) is 0 Å². The molecular formula is C29H31F6N2O2+. The van der Waals surface area contributed by atoms with Gasteiger partial charge in [-0.2, -0.15) is 26.3 Å². The van der Waals surface area contributed by atoms with E-state index in [1.165, 1.54) is 7.11 Å². The number of likely N-dealkylation sites (tertiary alicyclic amines) is 1. The second kappa shape index (κ2) is 10.8. The Morgan fingerprint density at radius 1 is 1.08 bits per heavy atom. The highest BCUT2D eigenvalue weighted by Gasteiger charge is 2.44. The van der Waals surface area contributed by atoms with Gasteiger partial charge in [0.05, 0.1) is 36.8 Å². The first-order chi connectivity index (χ1) is 18.3. The molecule has 1 saturated heterocycles. The van der Waals surface area contributed by atoms with E-state index in [9.17, 15) is 31.4 Å². The van der Waals surface area contributed by atoms with Crippen molar-refractivity contribution in [3.05, 3.63) is 83.6 Å². The number of ether oxygens (including phenoxy) is 1. The maximum absolute atomic E-state index is 13.6. The third kappa shape index (κ3) is 6.06. The molecule has 2 aromatic carbocycles. The fourth-order valence-corrected chi connectivity index (χ4v) is 5.73. The summed E-state index contributed by atoms with van der Waals surface area (Å²) in [7, 11) is 1.52. The largest absolute Gasteiger partial charge is 0.497 e. The van der Waals surface area contributed by atoms with Crippen molar-refractivity contribution in [2.24, 2.45) is 5.92 Å². The van der Waals surface area contributed by atoms with Gasteiger partial charge in [-0.1, -0.05) is 6.08 Å². The van der Waals surface area contributed by atoms with Crippen LogP contribution < -0.4 is 4.74 Å². The van der Waals surface area contributed by atoms with Crippen LogP contribution in [-0.4, -0.2) is 40.8 Å². The molecule has 1 aromatic heterocycles. The number of aliphatic hydroxyl groups excluding tert-OH is 1. The summed E-state index contributed by atoms with van der Waals surface area (Å²) in [6.45, 7) is 6.46. The number of alkyl halides is 6. The first-order valence-electron chi connectivity index (χ1n) is 12.6. The fourth-order valence-electron chi connectivity index (χ4n) is 5.73. The Kier molecular flexibility index (Phi) is 8.01. The number of pyridine rings is 1. The van der Waals surface area contributed by atoms with Crippen molar-refractivity contribution in [2.45, 2.75) is 50.8 Å². The van der Waals surface area contributed by atoms with Gasteiger partial charge in [0, 0.05) is 23.1 Å². The monoisotopic (exact) mass is 553 g/mol. The van der Waals surface area contributed by atoms with Gasteiger partial charge < -0.3 is 14.3 Å². The molecule has 39 heavy (non-hydrogen) atoms. The lowest BCUT2D eigenvalue weighted by Gasteiger charge is -2.49. The van der Waals surface area contributed by atoms with Crippen LogP contribution >= 0.6 is 0 Å². The molecule has 210 valence electrons. The summed E-state index contributed by atoms with van der Waals surface area (Å²) in [6, 6.07) is 8.09. The fraction of sp³-hybridized carbons (Fsp3) is 0.414. The van der Waals surface area contributed by atoms with E-state index < -0.39 is 35.6 Å². The van der Waals surface area contributed by atoms with Crippen LogP contribution in [0.25, 0.3) is 10.9 Å². The summed E-state index contributed by atoms with van der Waals surface area (Å²) >= 11 is 0. The van der Waals surface area contributed by atoms with Crippen LogP contribution in [0.15, 0.2) is 61.3 Å². The molecule has 3 aromatic rings. The quantitative estimate of drug-likeness (QED) is 0.190. The van der Waals surface area contributed by atoms with Gasteiger partial charge in [0.2, 0.25) is 0 Å². The van der Waals surface area contributed by atoms with Crippen LogP contribution in [0.4, 0.5) is 26.3 Å². The third-order valence-electron chi connectivity index (χ3n) is 7.88. The molecule has 0 spiro atoms. The van der Waals surface area contributed by atoms with Gasteiger partial charge in [-0.05, 0) is 67.8 Å². The Morgan fingerprint density at radius 2 is 1.74 bits per heavy atom. The predicted molar refractivity (Wildman–Crippen MR) is 136 cm³/mol. The molecule has 0 aliphatic carbocycles. The molecule has 2 heterocycles. The van der Waals surface area contributed by atoms with Crippen molar-refractivity contribution in [3.63, 3.8) is 0 Å². The number of piperidine rings is 1. The lowest BCUT2D eigenvalue weighted by molar-refractivity contribution is -0.972. The number of halogens is 6. The van der Waals surface area contributed by atoms with Gasteiger partial charge in [0.1, 0.15) is 24.4 Å². The van der Waals surface area contributed by atoms with Crippen molar-refractivity contribution >= 4 is 10.9 Å². The molecule has 1 N–H and O–H groups in total. The Labute approximate surface area is 223 Å². The molecule has 4 atom stereocenters. The molecule has 1 fully saturated rings. The number of hydrogen-bond donors (Lipinski definition) is 1. The Morgan fingerprint density at radius 3 is 2.33 bits per heavy atom. The minimum absolute atomic E-state index is 0.00411. The zero-order valence-electron chi connectivity index (χ0n) is 21.7. The number of nitrogens with zero attached hydrogens (tertiary/aromatic N) is 2. The molecule has 0 radical (unpaired) electrons. The lowest BCUT2D eigenvalue weighted by atomic mass is 9.89. The first-order valence-corrected chi connectivity index (χ1v) is 12.6. The summed E-state index contributed by atoms with van der Waals surface area (Å²) < 4.78 is 87.1. The van der Waals surface area contributed by atoms with Gasteiger partial charge in [-0.3, -0.25) is 4.98 Å². The van der Waals surface area contributed by atoms with Crippen LogP contribution in [0.3, 0.4) is 0 Å². The Balaban J connectivity index is 1.81. The minimum atomic E-state index is -4.94. The second-order valence-corrected chi connectivity index (χ2v) is 10.3. The van der Waals surface area contributed by atoms with E-state index in [0.717, 1.165) is 18.6 Å². The molecule has 10 heteroatoms. The molecule has 4 unspecified atom stereocenters. The van der Waals surface area contributed by atoms with Crippen molar-refractivity contribution in [1.29, 1.82) is 0 Å². The molecule has 4 rings (SSSR count). The van der Waals surface area contributed by atoms with Crippen LogP contribution in [0, 0.1) is 5.92 Å². The van der Waals surface area contributed by atoms with E-state index in [1.54, 1.807) is 43.5 Å². The molecule has 1 aliphatic heterocycles. The number of benzene rings is 2. The van der Waals surface area contributed by atoms with Crippen molar-refractivity contribution in [3.8, 4) is 5.75 Å². The van der Waals surface area contributed by atoms with Gasteiger partial charge >= 0.3 is 12.4 Å². The predicted octanol–water partition coefficient (Wildman–Crippen LogP) is 7.32. The number of rotatable bonds is 7. The smallest absolute Gasteiger partial charge is 0.416 e. The SMILES string of the molecule is C=CC1CCC[N+](Cc2cc(C(F)(F)F)cc(C(F)(F)F)c2)(C(C)C(O)c2ccnc3ccc(OC)cc23)C1. The average Bonchev–Trinajstić information content (AvgIpc) is 2.90.